The Balaban J connectivity index is 1.91. The van der Waals surface area contributed by atoms with Crippen LogP contribution in [0.1, 0.15) is 16.1 Å². The number of hydrogen-bond acceptors (Lipinski definition) is 4. The summed E-state index contributed by atoms with van der Waals surface area (Å²) in [4.78, 5) is 18.2. The van der Waals surface area contributed by atoms with Gasteiger partial charge in [0.25, 0.3) is 0 Å². The van der Waals surface area contributed by atoms with E-state index in [0.717, 1.165) is 5.56 Å². The molecular weight excluding hydrogens is 244 g/mol. The quantitative estimate of drug-likeness (QED) is 0.888. The summed E-state index contributed by atoms with van der Waals surface area (Å²) in [6.07, 6.45) is 6.29. The highest BCUT2D eigenvalue weighted by atomic mass is 16.5. The van der Waals surface area contributed by atoms with Gasteiger partial charge in [-0.2, -0.15) is 0 Å². The van der Waals surface area contributed by atoms with Crippen molar-refractivity contribution < 1.29 is 14.6 Å². The molecule has 0 atom stereocenters. The van der Waals surface area contributed by atoms with Gasteiger partial charge in [0.15, 0.2) is 5.69 Å². The van der Waals surface area contributed by atoms with Gasteiger partial charge < -0.3 is 9.84 Å². The van der Waals surface area contributed by atoms with E-state index < -0.39 is 5.97 Å². The summed E-state index contributed by atoms with van der Waals surface area (Å²) in [5.74, 6) is -0.935. The number of hydrogen-bond donors (Lipinski definition) is 1. The molecule has 0 fully saturated rings. The van der Waals surface area contributed by atoms with Crippen LogP contribution < -0.4 is 4.74 Å². The first-order valence-electron chi connectivity index (χ1n) is 5.65. The van der Waals surface area contributed by atoms with Crippen LogP contribution in [0.25, 0.3) is 6.08 Å². The zero-order valence-corrected chi connectivity index (χ0v) is 10.1. The molecule has 96 valence electrons. The Bertz CT molecular complexity index is 582. The number of carboxylic acid groups (broad SMARTS) is 1. The largest absolute Gasteiger partial charge is 0.476 e. The summed E-state index contributed by atoms with van der Waals surface area (Å²) in [7, 11) is 0. The van der Waals surface area contributed by atoms with E-state index in [0.29, 0.717) is 6.61 Å². The van der Waals surface area contributed by atoms with Crippen LogP contribution in [0.15, 0.2) is 48.8 Å². The number of ether oxygens (including phenoxy) is 1. The second-order valence-electron chi connectivity index (χ2n) is 3.67. The lowest BCUT2D eigenvalue weighted by Crippen LogP contribution is -2.04. The topological polar surface area (TPSA) is 72.3 Å². The standard InChI is InChI=1S/C14H12N2O3/c17-14(18)12-9-15-10-13(16-12)19-8-4-7-11-5-2-1-3-6-11/h1-7,9-10H,8H2,(H,17,18). The predicted molar refractivity (Wildman–Crippen MR) is 70.0 cm³/mol. The van der Waals surface area contributed by atoms with E-state index in [4.69, 9.17) is 9.84 Å². The summed E-state index contributed by atoms with van der Waals surface area (Å²) < 4.78 is 5.29. The molecule has 19 heavy (non-hydrogen) atoms. The van der Waals surface area contributed by atoms with Crippen molar-refractivity contribution in [2.45, 2.75) is 0 Å². The number of carboxylic acids is 1. The maximum absolute atomic E-state index is 10.7. The van der Waals surface area contributed by atoms with Gasteiger partial charge in [-0.25, -0.2) is 9.78 Å². The molecule has 0 aliphatic rings. The van der Waals surface area contributed by atoms with Crippen LogP contribution in [0.2, 0.25) is 0 Å². The fraction of sp³-hybridized carbons (Fsp3) is 0.0714. The molecular formula is C14H12N2O3. The molecule has 5 heteroatoms. The van der Waals surface area contributed by atoms with Crippen LogP contribution in [0.5, 0.6) is 5.88 Å². The van der Waals surface area contributed by atoms with Crippen molar-refractivity contribution in [2.75, 3.05) is 6.61 Å². The fourth-order valence-electron chi connectivity index (χ4n) is 1.40. The van der Waals surface area contributed by atoms with Gasteiger partial charge in [0, 0.05) is 0 Å². The second kappa shape index (κ2) is 6.30. The lowest BCUT2D eigenvalue weighted by molar-refractivity contribution is 0.0688. The number of aromatic carboxylic acids is 1. The van der Waals surface area contributed by atoms with E-state index in [1.54, 1.807) is 0 Å². The molecule has 0 aliphatic heterocycles. The van der Waals surface area contributed by atoms with Gasteiger partial charge in [-0.1, -0.05) is 36.4 Å². The SMILES string of the molecule is O=C(O)c1cncc(OCC=Cc2ccccc2)n1. The highest BCUT2D eigenvalue weighted by Gasteiger charge is 2.05. The van der Waals surface area contributed by atoms with E-state index in [-0.39, 0.29) is 11.6 Å². The van der Waals surface area contributed by atoms with Crippen molar-refractivity contribution in [3.8, 4) is 5.88 Å². The van der Waals surface area contributed by atoms with Gasteiger partial charge >= 0.3 is 5.97 Å². The summed E-state index contributed by atoms with van der Waals surface area (Å²) in [5.41, 5.74) is 0.931. The van der Waals surface area contributed by atoms with Crippen LogP contribution >= 0.6 is 0 Å². The molecule has 5 nitrogen and oxygen atoms in total. The first-order chi connectivity index (χ1) is 9.25. The zero-order chi connectivity index (χ0) is 13.5. The number of benzene rings is 1. The molecule has 0 bridgehead atoms. The molecule has 1 aromatic carbocycles. The maximum atomic E-state index is 10.7. The van der Waals surface area contributed by atoms with Crippen molar-refractivity contribution in [1.82, 2.24) is 9.97 Å². The van der Waals surface area contributed by atoms with Crippen molar-refractivity contribution in [3.05, 3.63) is 60.1 Å². The zero-order valence-electron chi connectivity index (χ0n) is 10.1. The van der Waals surface area contributed by atoms with Crippen LogP contribution in [0.4, 0.5) is 0 Å². The molecule has 0 radical (unpaired) electrons. The van der Waals surface area contributed by atoms with E-state index in [1.807, 2.05) is 42.5 Å². The Labute approximate surface area is 110 Å². The van der Waals surface area contributed by atoms with Gasteiger partial charge in [0.1, 0.15) is 6.61 Å². The predicted octanol–water partition coefficient (Wildman–Crippen LogP) is 2.27. The molecule has 1 heterocycles. The molecule has 0 saturated carbocycles. The summed E-state index contributed by atoms with van der Waals surface area (Å²) in [5, 5.41) is 8.76. The third-order valence-corrected chi connectivity index (χ3v) is 2.27. The Kier molecular flexibility index (Phi) is 4.23. The van der Waals surface area contributed by atoms with E-state index in [1.165, 1.54) is 12.4 Å². The molecule has 1 aromatic heterocycles. The minimum absolute atomic E-state index is 0.135. The van der Waals surface area contributed by atoms with Crippen molar-refractivity contribution in [1.29, 1.82) is 0 Å². The number of nitrogens with zero attached hydrogens (tertiary/aromatic N) is 2. The van der Waals surface area contributed by atoms with Crippen molar-refractivity contribution in [3.63, 3.8) is 0 Å². The van der Waals surface area contributed by atoms with Crippen molar-refractivity contribution >= 4 is 12.0 Å². The average Bonchev–Trinajstić information content (AvgIpc) is 2.45. The smallest absolute Gasteiger partial charge is 0.356 e. The average molecular weight is 256 g/mol. The van der Waals surface area contributed by atoms with E-state index >= 15 is 0 Å². The highest BCUT2D eigenvalue weighted by molar-refractivity contribution is 5.84. The molecule has 0 aliphatic carbocycles. The molecule has 0 saturated heterocycles. The first-order valence-corrected chi connectivity index (χ1v) is 5.65. The number of rotatable bonds is 5. The normalized spacial score (nSPS) is 10.5. The lowest BCUT2D eigenvalue weighted by Gasteiger charge is -2.01. The van der Waals surface area contributed by atoms with Crippen LogP contribution in [-0.4, -0.2) is 27.7 Å². The molecule has 2 rings (SSSR count). The molecule has 0 spiro atoms. The Morgan fingerprint density at radius 2 is 2.05 bits per heavy atom. The van der Waals surface area contributed by atoms with Gasteiger partial charge in [-0.15, -0.1) is 0 Å². The van der Waals surface area contributed by atoms with Crippen LogP contribution in [0, 0.1) is 0 Å². The summed E-state index contributed by atoms with van der Waals surface area (Å²) in [6.45, 7) is 0.298. The fourth-order valence-corrected chi connectivity index (χ4v) is 1.40. The minimum atomic E-state index is -1.13. The lowest BCUT2D eigenvalue weighted by atomic mass is 10.2. The van der Waals surface area contributed by atoms with Gasteiger partial charge in [-0.05, 0) is 11.6 Å². The Morgan fingerprint density at radius 1 is 1.26 bits per heavy atom. The minimum Gasteiger partial charge on any atom is -0.476 e. The molecule has 0 amide bonds. The maximum Gasteiger partial charge on any atom is 0.356 e. The number of aromatic nitrogens is 2. The van der Waals surface area contributed by atoms with Gasteiger partial charge in [0.2, 0.25) is 5.88 Å². The Morgan fingerprint density at radius 3 is 2.79 bits per heavy atom. The van der Waals surface area contributed by atoms with Gasteiger partial charge in [0.05, 0.1) is 12.4 Å². The van der Waals surface area contributed by atoms with Gasteiger partial charge in [-0.3, -0.25) is 4.98 Å². The van der Waals surface area contributed by atoms with Crippen LogP contribution in [-0.2, 0) is 0 Å². The molecule has 2 aromatic rings. The Hall–Kier alpha value is -2.69. The van der Waals surface area contributed by atoms with Crippen molar-refractivity contribution in [2.24, 2.45) is 0 Å². The highest BCUT2D eigenvalue weighted by Crippen LogP contribution is 2.06. The third-order valence-electron chi connectivity index (χ3n) is 2.27. The summed E-state index contributed by atoms with van der Waals surface area (Å²) in [6, 6.07) is 9.79. The molecule has 1 N–H and O–H groups in total. The third kappa shape index (κ3) is 3.92. The van der Waals surface area contributed by atoms with E-state index in [9.17, 15) is 4.79 Å². The molecule has 0 unspecified atom stereocenters. The first kappa shape index (κ1) is 12.8. The van der Waals surface area contributed by atoms with Crippen LogP contribution in [0.3, 0.4) is 0 Å². The number of carbonyl (C=O) groups is 1. The monoisotopic (exact) mass is 256 g/mol. The van der Waals surface area contributed by atoms with E-state index in [2.05, 4.69) is 9.97 Å². The summed E-state index contributed by atoms with van der Waals surface area (Å²) >= 11 is 0. The second-order valence-corrected chi connectivity index (χ2v) is 3.67.